The second-order valence-corrected chi connectivity index (χ2v) is 28.7. The summed E-state index contributed by atoms with van der Waals surface area (Å²) >= 11 is 4.48. The zero-order valence-electron chi connectivity index (χ0n) is 50.7. The molecular formula is C64H77BF10O10S3. The lowest BCUT2D eigenvalue weighted by molar-refractivity contribution is -0.228. The highest BCUT2D eigenvalue weighted by atomic mass is 32.2. The molecule has 8 aliphatic carbocycles. The SMILES string of the molecule is CCC(=O)O[C@@]1(C(=O)S)[C@H](C)CC2C3C[C@@H](F)C4=CC(=O)C=CC4(C)[C@]3(F)C(O)CC21C.CCC(=O)O[C@@]1(C(=O)SCF)[C@H](C)CC2C3C[C@@H](F)C4=CC(=O)C=CC4(C)[C@]3(F)C(O)CC21C.Cc1ccc([S+](CF)c2ccccc2)cc1C.F[B-](F)(F)F. The Bertz CT molecular complexity index is 3160. The van der Waals surface area contributed by atoms with E-state index < -0.39 is 162 Å². The molecule has 0 heterocycles. The van der Waals surface area contributed by atoms with E-state index in [4.69, 9.17) is 9.47 Å². The van der Waals surface area contributed by atoms with Crippen LogP contribution in [0.5, 0.6) is 0 Å². The predicted molar refractivity (Wildman–Crippen MR) is 320 cm³/mol. The standard InChI is InChI=1S/C25H31F3O5S.C24H30F2O5S.C15H16FS.BF4/c1-5-20(31)33-25(21(32)34-12-26)13(2)8-15-16-10-18(27)17-9-14(29)6-7-22(17,3)24(16,28)19(30)11-23(15,25)4;1-5-19(29)31-24(20(30)32)12(2)8-14-15-10-17(25)16-9-13(27)6-7-21(16,3)23(15,26)18(28)11-22(14,24)4;1-12-8-9-15(10-13(12)2)17(11-16)14-6-4-3-5-7-14;2-1(3,4)5/h6-7,9,13,15-16,18-19,30H,5,8,10-12H2,1-4H3;6-7,9,12,14-15,17-18,28H,5,8,10-11H2,1-4H3,(H,30,32);3-10H,11H2,1-2H3;/q;;+1;-1/t13-,15?,16?,18-,19?,22?,23?,24-,25-;12-,14?,15?,17-,18?,21?,22?,23-,24-;;/m11../s1. The van der Waals surface area contributed by atoms with Crippen LogP contribution in [0.2, 0.25) is 0 Å². The fourth-order valence-corrected chi connectivity index (χ4v) is 19.7. The van der Waals surface area contributed by atoms with Gasteiger partial charge in [0, 0.05) is 58.2 Å². The van der Waals surface area contributed by atoms with Gasteiger partial charge in [0.25, 0.3) is 6.01 Å². The Hall–Kier alpha value is -4.65. The normalized spacial score (nSPS) is 39.4. The minimum Gasteiger partial charge on any atom is -0.449 e. The van der Waals surface area contributed by atoms with E-state index in [1.807, 2.05) is 36.4 Å². The zero-order chi connectivity index (χ0) is 65.9. The molecule has 6 fully saturated rings. The maximum absolute atomic E-state index is 17.2. The fourth-order valence-electron chi connectivity index (χ4n) is 16.8. The average molecular weight is 1300 g/mol. The molecule has 19 atom stereocenters. The Morgan fingerprint density at radius 1 is 0.659 bits per heavy atom. The molecule has 0 aromatic heterocycles. The number of carbonyl (C=O) groups is 6. The van der Waals surface area contributed by atoms with Crippen molar-refractivity contribution >= 4 is 76.3 Å². The van der Waals surface area contributed by atoms with Crippen LogP contribution in [0.25, 0.3) is 0 Å². The van der Waals surface area contributed by atoms with Crippen LogP contribution in [0, 0.1) is 71.0 Å². The van der Waals surface area contributed by atoms with Crippen LogP contribution in [0.3, 0.4) is 0 Å². The van der Waals surface area contributed by atoms with Gasteiger partial charge in [-0.25, -0.2) is 22.0 Å². The van der Waals surface area contributed by atoms with Gasteiger partial charge in [-0.15, -0.1) is 12.6 Å². The molecule has 0 radical (unpaired) electrons. The average Bonchev–Trinajstić information content (AvgIpc) is 1.30. The van der Waals surface area contributed by atoms with Gasteiger partial charge < -0.3 is 36.9 Å². The van der Waals surface area contributed by atoms with Gasteiger partial charge in [-0.05, 0) is 161 Å². The number of fused-ring (bicyclic) bond motifs is 10. The highest BCUT2D eigenvalue weighted by Gasteiger charge is 2.80. The summed E-state index contributed by atoms with van der Waals surface area (Å²) in [6.45, 7) is 17.2. The molecular weight excluding hydrogens is 1230 g/mol. The first-order valence-electron chi connectivity index (χ1n) is 29.4. The third-order valence-electron chi connectivity index (χ3n) is 21.2. The smallest absolute Gasteiger partial charge is 0.449 e. The Labute approximate surface area is 519 Å². The minimum absolute atomic E-state index is 0.0141. The van der Waals surface area contributed by atoms with Crippen molar-refractivity contribution in [3.63, 3.8) is 0 Å². The first-order valence-corrected chi connectivity index (χ1v) is 32.3. The predicted octanol–water partition coefficient (Wildman–Crippen LogP) is 13.7. The summed E-state index contributed by atoms with van der Waals surface area (Å²) in [5, 5.41) is 21.4. The topological polar surface area (TPSA) is 161 Å². The molecule has 11 unspecified atom stereocenters. The summed E-state index contributed by atoms with van der Waals surface area (Å²) in [6.07, 6.45) is 0.779. The van der Waals surface area contributed by atoms with Crippen LogP contribution in [-0.4, -0.2) is 110 Å². The zero-order valence-corrected chi connectivity index (χ0v) is 53.2. The number of allylic oxidation sites excluding steroid dienone is 8. The number of alkyl halides is 6. The number of halogens is 10. The van der Waals surface area contributed by atoms with Crippen molar-refractivity contribution in [3.8, 4) is 0 Å². The van der Waals surface area contributed by atoms with E-state index in [1.165, 1.54) is 49.3 Å². The Kier molecular flexibility index (Phi) is 20.8. The van der Waals surface area contributed by atoms with Crippen LogP contribution >= 0.6 is 24.4 Å². The first kappa shape index (κ1) is 70.8. The maximum atomic E-state index is 17.2. The van der Waals surface area contributed by atoms with Crippen LogP contribution in [0.4, 0.5) is 43.6 Å². The minimum atomic E-state index is -6.00. The third-order valence-corrected chi connectivity index (χ3v) is 24.1. The summed E-state index contributed by atoms with van der Waals surface area (Å²) in [6, 6.07) is 14.8. The van der Waals surface area contributed by atoms with Crippen LogP contribution in [0.1, 0.15) is 118 Å². The lowest BCUT2D eigenvalue weighted by atomic mass is 9.44. The number of aliphatic hydroxyl groups is 2. The van der Waals surface area contributed by atoms with Crippen molar-refractivity contribution in [2.75, 3.05) is 12.0 Å². The molecule has 2 aromatic carbocycles. The van der Waals surface area contributed by atoms with Gasteiger partial charge in [-0.3, -0.25) is 28.8 Å². The van der Waals surface area contributed by atoms with E-state index in [-0.39, 0.29) is 62.1 Å². The monoisotopic (exact) mass is 1300 g/mol. The Balaban J connectivity index is 0.000000189. The maximum Gasteiger partial charge on any atom is 0.673 e. The summed E-state index contributed by atoms with van der Waals surface area (Å²) in [7, 11) is -6.44. The second kappa shape index (κ2) is 25.8. The van der Waals surface area contributed by atoms with E-state index in [1.54, 1.807) is 41.5 Å². The molecule has 0 bridgehead atoms. The highest BCUT2D eigenvalue weighted by Crippen LogP contribution is 2.74. The number of rotatable bonds is 10. The van der Waals surface area contributed by atoms with E-state index in [0.29, 0.717) is 18.2 Å². The Morgan fingerprint density at radius 2 is 1.08 bits per heavy atom. The fraction of sp³-hybridized carbons (Fsp3) is 0.594. The van der Waals surface area contributed by atoms with E-state index in [0.717, 1.165) is 21.9 Å². The number of hydrogen-bond donors (Lipinski definition) is 3. The van der Waals surface area contributed by atoms with E-state index >= 15 is 17.6 Å². The quantitative estimate of drug-likeness (QED) is 0.0683. The number of esters is 2. The number of aryl methyl sites for hydroxylation is 2. The molecule has 6 saturated carbocycles. The van der Waals surface area contributed by atoms with Crippen molar-refractivity contribution in [2.45, 2.75) is 177 Å². The molecule has 0 amide bonds. The number of carbonyl (C=O) groups excluding carboxylic acids is 6. The summed E-state index contributed by atoms with van der Waals surface area (Å²) in [5.74, 6) is -6.24. The number of thiol groups is 1. The van der Waals surface area contributed by atoms with Gasteiger partial charge in [-0.2, -0.15) is 4.39 Å². The number of benzene rings is 2. The van der Waals surface area contributed by atoms with Crippen LogP contribution < -0.4 is 0 Å². The molecule has 10 rings (SSSR count). The van der Waals surface area contributed by atoms with E-state index in [2.05, 4.69) is 38.6 Å². The molecule has 2 aromatic rings. The largest absolute Gasteiger partial charge is 0.673 e. The summed E-state index contributed by atoms with van der Waals surface area (Å²) < 4.78 is 142. The molecule has 10 nitrogen and oxygen atoms in total. The number of ketones is 2. The lowest BCUT2D eigenvalue weighted by Crippen LogP contribution is -2.70. The lowest BCUT2D eigenvalue weighted by Gasteiger charge is -2.63. The molecule has 484 valence electrons. The van der Waals surface area contributed by atoms with Gasteiger partial charge in [0.05, 0.1) is 23.1 Å². The van der Waals surface area contributed by atoms with Gasteiger partial charge in [0.15, 0.2) is 43.9 Å². The first-order chi connectivity index (χ1) is 40.8. The molecule has 88 heavy (non-hydrogen) atoms. The molecule has 0 aliphatic heterocycles. The molecule has 24 heteroatoms. The number of ether oxygens (including phenoxy) is 2. The number of hydrogen-bond acceptors (Lipinski definition) is 11. The van der Waals surface area contributed by atoms with Crippen molar-refractivity contribution < 1.29 is 92.1 Å². The Morgan fingerprint density at radius 3 is 1.48 bits per heavy atom. The van der Waals surface area contributed by atoms with Gasteiger partial charge >= 0.3 is 19.2 Å². The van der Waals surface area contributed by atoms with Crippen LogP contribution in [-0.2, 0) is 49.1 Å². The van der Waals surface area contributed by atoms with Crippen molar-refractivity contribution in [1.82, 2.24) is 0 Å². The van der Waals surface area contributed by atoms with Crippen molar-refractivity contribution in [3.05, 3.63) is 107 Å². The molecule has 0 saturated heterocycles. The molecule has 8 aliphatic rings. The third kappa shape index (κ3) is 11.5. The molecule has 2 N–H and O–H groups in total. The van der Waals surface area contributed by atoms with Gasteiger partial charge in [0.1, 0.15) is 18.3 Å². The number of thioether (sulfide) groups is 1. The molecule has 0 spiro atoms. The van der Waals surface area contributed by atoms with E-state index in [9.17, 15) is 65.0 Å². The van der Waals surface area contributed by atoms with Crippen molar-refractivity contribution in [2.24, 2.45) is 57.2 Å². The number of aliphatic hydroxyl groups excluding tert-OH is 2. The van der Waals surface area contributed by atoms with Crippen molar-refractivity contribution in [1.29, 1.82) is 0 Å². The summed E-state index contributed by atoms with van der Waals surface area (Å²) in [4.78, 5) is 77.1. The second-order valence-electron chi connectivity index (χ2n) is 25.5. The van der Waals surface area contributed by atoms with Gasteiger partial charge in [-0.1, -0.05) is 78.0 Å². The van der Waals surface area contributed by atoms with Crippen LogP contribution in [0.15, 0.2) is 106 Å². The summed E-state index contributed by atoms with van der Waals surface area (Å²) in [5.41, 5.74) is -10.8. The highest BCUT2D eigenvalue weighted by molar-refractivity contribution is 8.13. The van der Waals surface area contributed by atoms with Gasteiger partial charge in [0.2, 0.25) is 10.2 Å².